The number of ketones is 1. The fourth-order valence-corrected chi connectivity index (χ4v) is 3.84. The van der Waals surface area contributed by atoms with Gasteiger partial charge in [-0.2, -0.15) is 0 Å². The summed E-state index contributed by atoms with van der Waals surface area (Å²) < 4.78 is 0. The molecule has 3 nitrogen and oxygen atoms in total. The summed E-state index contributed by atoms with van der Waals surface area (Å²) in [6.45, 7) is 0. The van der Waals surface area contributed by atoms with Crippen molar-refractivity contribution in [3.63, 3.8) is 0 Å². The molecule has 2 aromatic carbocycles. The van der Waals surface area contributed by atoms with Crippen LogP contribution >= 0.6 is 11.8 Å². The highest BCUT2D eigenvalue weighted by molar-refractivity contribution is 8.14. The molecular formula is C17H12N2OS. The largest absolute Gasteiger partial charge is 0.378 e. The molecule has 4 heteroatoms. The molecule has 4 rings (SSSR count). The summed E-state index contributed by atoms with van der Waals surface area (Å²) >= 11 is 1.44. The van der Waals surface area contributed by atoms with Gasteiger partial charge in [-0.15, -0.1) is 0 Å². The van der Waals surface area contributed by atoms with E-state index in [4.69, 9.17) is 5.73 Å². The first-order valence-corrected chi connectivity index (χ1v) is 7.57. The van der Waals surface area contributed by atoms with Gasteiger partial charge in [0.15, 0.2) is 11.0 Å². The van der Waals surface area contributed by atoms with E-state index in [9.17, 15) is 4.79 Å². The van der Waals surface area contributed by atoms with Crippen LogP contribution < -0.4 is 5.73 Å². The summed E-state index contributed by atoms with van der Waals surface area (Å²) in [5.74, 6) is 0.0678. The number of Topliss-reactive ketones (excluding diaryl/α,β-unsaturated/α-hetero) is 1. The van der Waals surface area contributed by atoms with Gasteiger partial charge in [-0.25, -0.2) is 4.99 Å². The minimum atomic E-state index is -0.0846. The summed E-state index contributed by atoms with van der Waals surface area (Å²) in [5.41, 5.74) is 10.2. The molecule has 1 heterocycles. The summed E-state index contributed by atoms with van der Waals surface area (Å²) in [6, 6.07) is 17.6. The van der Waals surface area contributed by atoms with Gasteiger partial charge in [0.2, 0.25) is 0 Å². The van der Waals surface area contributed by atoms with Crippen LogP contribution in [0.5, 0.6) is 0 Å². The molecule has 2 aliphatic rings. The van der Waals surface area contributed by atoms with E-state index in [2.05, 4.69) is 4.99 Å². The zero-order valence-electron chi connectivity index (χ0n) is 11.1. The highest BCUT2D eigenvalue weighted by atomic mass is 32.2. The van der Waals surface area contributed by atoms with E-state index in [1.807, 2.05) is 54.6 Å². The third-order valence-corrected chi connectivity index (χ3v) is 4.83. The number of hydrogen-bond acceptors (Lipinski definition) is 4. The van der Waals surface area contributed by atoms with E-state index in [0.29, 0.717) is 5.17 Å². The van der Waals surface area contributed by atoms with Crippen LogP contribution in [-0.4, -0.2) is 11.0 Å². The van der Waals surface area contributed by atoms with Crippen LogP contribution in [0.15, 0.2) is 65.2 Å². The average Bonchev–Trinajstić information content (AvgIpc) is 2.81. The molecule has 0 saturated heterocycles. The molecular weight excluding hydrogens is 280 g/mol. The standard InChI is InChI=1S/C17H12N2OS/c18-17-19-14-11-8-4-5-9-12(11)15(20)13(14)16(21-17)10-6-2-1-3-7-10/h1-9,16H,(H2,18,19). The predicted octanol–water partition coefficient (Wildman–Crippen LogP) is 3.40. The van der Waals surface area contributed by atoms with Gasteiger partial charge >= 0.3 is 0 Å². The molecule has 0 aromatic heterocycles. The molecule has 1 aliphatic carbocycles. The van der Waals surface area contributed by atoms with Gasteiger partial charge in [-0.3, -0.25) is 4.79 Å². The molecule has 0 fully saturated rings. The van der Waals surface area contributed by atoms with E-state index in [1.54, 1.807) is 0 Å². The van der Waals surface area contributed by atoms with Crippen molar-refractivity contribution < 1.29 is 4.79 Å². The number of aliphatic imine (C=N–C) groups is 1. The number of carbonyl (C=O) groups is 1. The van der Waals surface area contributed by atoms with Crippen LogP contribution in [0.1, 0.15) is 26.7 Å². The number of carbonyl (C=O) groups excluding carboxylic acids is 1. The number of nitrogens with zero attached hydrogens (tertiary/aromatic N) is 1. The Morgan fingerprint density at radius 1 is 0.952 bits per heavy atom. The Bertz CT molecular complexity index is 809. The molecule has 102 valence electrons. The summed E-state index contributed by atoms with van der Waals surface area (Å²) in [4.78, 5) is 17.2. The van der Waals surface area contributed by atoms with Crippen molar-refractivity contribution in [2.75, 3.05) is 0 Å². The van der Waals surface area contributed by atoms with Crippen LogP contribution in [0.4, 0.5) is 0 Å². The fraction of sp³-hybridized carbons (Fsp3) is 0.0588. The summed E-state index contributed by atoms with van der Waals surface area (Å²) in [7, 11) is 0. The Morgan fingerprint density at radius 3 is 2.38 bits per heavy atom. The second kappa shape index (κ2) is 4.60. The third-order valence-electron chi connectivity index (χ3n) is 3.75. The number of hydrogen-bond donors (Lipinski definition) is 1. The zero-order chi connectivity index (χ0) is 14.4. The van der Waals surface area contributed by atoms with Crippen molar-refractivity contribution in [3.05, 3.63) is 76.9 Å². The maximum Gasteiger partial charge on any atom is 0.193 e. The number of rotatable bonds is 1. The van der Waals surface area contributed by atoms with Crippen molar-refractivity contribution in [3.8, 4) is 0 Å². The smallest absolute Gasteiger partial charge is 0.193 e. The quantitative estimate of drug-likeness (QED) is 0.876. The fourth-order valence-electron chi connectivity index (χ4n) is 2.83. The number of nitrogens with two attached hydrogens (primary N) is 1. The molecule has 0 amide bonds. The van der Waals surface area contributed by atoms with Gasteiger partial charge < -0.3 is 5.73 Å². The summed E-state index contributed by atoms with van der Waals surface area (Å²) in [5, 5.41) is 0.422. The first-order valence-electron chi connectivity index (χ1n) is 6.70. The Hall–Kier alpha value is -2.33. The maximum atomic E-state index is 12.7. The molecule has 1 unspecified atom stereocenters. The van der Waals surface area contributed by atoms with Crippen LogP contribution in [0.2, 0.25) is 0 Å². The zero-order valence-corrected chi connectivity index (χ0v) is 11.9. The first kappa shape index (κ1) is 12.4. The number of fused-ring (bicyclic) bond motifs is 2. The Balaban J connectivity index is 1.92. The molecule has 1 aliphatic heterocycles. The molecule has 21 heavy (non-hydrogen) atoms. The highest BCUT2D eigenvalue weighted by Gasteiger charge is 2.38. The van der Waals surface area contributed by atoms with Gasteiger partial charge in [0, 0.05) is 16.7 Å². The summed E-state index contributed by atoms with van der Waals surface area (Å²) in [6.07, 6.45) is 0. The molecule has 1 atom stereocenters. The lowest BCUT2D eigenvalue weighted by Gasteiger charge is -2.21. The van der Waals surface area contributed by atoms with Gasteiger partial charge in [0.05, 0.1) is 10.9 Å². The van der Waals surface area contributed by atoms with Crippen LogP contribution in [0, 0.1) is 0 Å². The molecule has 2 N–H and O–H groups in total. The van der Waals surface area contributed by atoms with Gasteiger partial charge in [-0.1, -0.05) is 66.4 Å². The SMILES string of the molecule is NC1=NC2=C(C(=O)c3ccccc32)C(c2ccccc2)S1. The number of thioether (sulfide) groups is 1. The van der Waals surface area contributed by atoms with Crippen molar-refractivity contribution >= 4 is 28.4 Å². The van der Waals surface area contributed by atoms with E-state index in [0.717, 1.165) is 28.0 Å². The van der Waals surface area contributed by atoms with E-state index in [1.165, 1.54) is 11.8 Å². The van der Waals surface area contributed by atoms with Gasteiger partial charge in [0.25, 0.3) is 0 Å². The molecule has 0 saturated carbocycles. The van der Waals surface area contributed by atoms with E-state index in [-0.39, 0.29) is 11.0 Å². The average molecular weight is 292 g/mol. The topological polar surface area (TPSA) is 55.4 Å². The predicted molar refractivity (Wildman–Crippen MR) is 86.1 cm³/mol. The van der Waals surface area contributed by atoms with Gasteiger partial charge in [-0.05, 0) is 5.56 Å². The van der Waals surface area contributed by atoms with Crippen LogP contribution in [0.3, 0.4) is 0 Å². The number of amidine groups is 1. The minimum absolute atomic E-state index is 0.0678. The van der Waals surface area contributed by atoms with Crippen LogP contribution in [0.25, 0.3) is 5.70 Å². The maximum absolute atomic E-state index is 12.7. The van der Waals surface area contributed by atoms with Crippen molar-refractivity contribution in [1.29, 1.82) is 0 Å². The van der Waals surface area contributed by atoms with Crippen LogP contribution in [-0.2, 0) is 0 Å². The monoisotopic (exact) mass is 292 g/mol. The minimum Gasteiger partial charge on any atom is -0.378 e. The normalized spacial score (nSPS) is 20.1. The lowest BCUT2D eigenvalue weighted by atomic mass is 10.0. The van der Waals surface area contributed by atoms with Crippen molar-refractivity contribution in [2.45, 2.75) is 5.25 Å². The van der Waals surface area contributed by atoms with Crippen molar-refractivity contribution in [1.82, 2.24) is 0 Å². The molecule has 0 bridgehead atoms. The third kappa shape index (κ3) is 1.83. The highest BCUT2D eigenvalue weighted by Crippen LogP contribution is 2.48. The first-order chi connectivity index (χ1) is 10.3. The number of benzene rings is 2. The molecule has 0 radical (unpaired) electrons. The molecule has 2 aromatic rings. The lowest BCUT2D eigenvalue weighted by Crippen LogP contribution is -2.17. The van der Waals surface area contributed by atoms with Crippen molar-refractivity contribution in [2.24, 2.45) is 10.7 Å². The molecule has 0 spiro atoms. The Labute approximate surface area is 126 Å². The van der Waals surface area contributed by atoms with Gasteiger partial charge in [0.1, 0.15) is 0 Å². The second-order valence-electron chi connectivity index (χ2n) is 5.00. The lowest BCUT2D eigenvalue weighted by molar-refractivity contribution is 0.103. The Kier molecular flexibility index (Phi) is 2.72. The van der Waals surface area contributed by atoms with E-state index < -0.39 is 0 Å². The Morgan fingerprint density at radius 2 is 1.62 bits per heavy atom. The second-order valence-corrected chi connectivity index (χ2v) is 6.12. The van der Waals surface area contributed by atoms with E-state index >= 15 is 0 Å².